The molecule has 4 rings (SSSR count). The van der Waals surface area contributed by atoms with Crippen molar-refractivity contribution in [2.75, 3.05) is 6.61 Å². The zero-order valence-electron chi connectivity index (χ0n) is 22.4. The highest BCUT2D eigenvalue weighted by atomic mass is 28.3. The lowest BCUT2D eigenvalue weighted by molar-refractivity contribution is -0.384. The number of aromatic nitrogens is 4. The summed E-state index contributed by atoms with van der Waals surface area (Å²) in [6, 6.07) is 12.1. The lowest BCUT2D eigenvalue weighted by Crippen LogP contribution is -2.22. The number of carboxylic acids is 1. The van der Waals surface area contributed by atoms with Crippen LogP contribution in [0.2, 0.25) is 25.7 Å². The van der Waals surface area contributed by atoms with E-state index in [0.717, 1.165) is 12.1 Å². The van der Waals surface area contributed by atoms with Crippen LogP contribution in [-0.4, -0.2) is 50.4 Å². The van der Waals surface area contributed by atoms with Crippen molar-refractivity contribution in [2.24, 2.45) is 0 Å². The summed E-state index contributed by atoms with van der Waals surface area (Å²) in [4.78, 5) is 31.0. The molecule has 2 aromatic carbocycles. The van der Waals surface area contributed by atoms with Crippen molar-refractivity contribution in [3.8, 4) is 34.1 Å². The van der Waals surface area contributed by atoms with E-state index < -0.39 is 24.8 Å². The monoisotopic (exact) mass is 565 g/mol. The van der Waals surface area contributed by atoms with Gasteiger partial charge in [0.2, 0.25) is 0 Å². The Kier molecular flexibility index (Phi) is 8.35. The number of non-ortho nitro benzene ring substituents is 1. The van der Waals surface area contributed by atoms with E-state index in [4.69, 9.17) is 9.47 Å². The number of nitrogens with zero attached hydrogens (tertiary/aromatic N) is 5. The van der Waals surface area contributed by atoms with Crippen LogP contribution in [0.15, 0.2) is 54.7 Å². The predicted molar refractivity (Wildman–Crippen MR) is 148 cm³/mol. The largest absolute Gasteiger partial charge is 0.476 e. The Bertz CT molecular complexity index is 1550. The molecule has 0 radical (unpaired) electrons. The normalized spacial score (nSPS) is 11.4. The molecule has 4 aromatic rings. The second-order valence-electron chi connectivity index (χ2n) is 10.3. The van der Waals surface area contributed by atoms with Gasteiger partial charge in [-0.2, -0.15) is 5.10 Å². The topological polar surface area (TPSA) is 142 Å². The number of aryl methyl sites for hydroxylation is 1. The molecule has 0 fully saturated rings. The van der Waals surface area contributed by atoms with Crippen LogP contribution < -0.4 is 4.74 Å². The lowest BCUT2D eigenvalue weighted by Gasteiger charge is -2.16. The fourth-order valence-electron chi connectivity index (χ4n) is 3.85. The molecule has 0 saturated carbocycles. The number of benzene rings is 2. The number of halogens is 1. The average Bonchev–Trinajstić information content (AvgIpc) is 3.27. The highest BCUT2D eigenvalue weighted by Crippen LogP contribution is 2.38. The van der Waals surface area contributed by atoms with E-state index in [9.17, 15) is 20.0 Å². The minimum absolute atomic E-state index is 0.0345. The van der Waals surface area contributed by atoms with E-state index in [1.807, 2.05) is 0 Å². The van der Waals surface area contributed by atoms with Gasteiger partial charge in [-0.1, -0.05) is 25.7 Å². The summed E-state index contributed by atoms with van der Waals surface area (Å²) < 4.78 is 28.0. The highest BCUT2D eigenvalue weighted by Gasteiger charge is 2.27. The molecule has 2 heterocycles. The first-order valence-corrected chi connectivity index (χ1v) is 16.1. The van der Waals surface area contributed by atoms with Gasteiger partial charge in [0.15, 0.2) is 17.3 Å². The first-order valence-electron chi connectivity index (χ1n) is 12.4. The molecule has 1 N–H and O–H groups in total. The summed E-state index contributed by atoms with van der Waals surface area (Å²) in [6.45, 7) is 8.76. The third-order valence-corrected chi connectivity index (χ3v) is 7.62. The van der Waals surface area contributed by atoms with Gasteiger partial charge in [0, 0.05) is 49.8 Å². The summed E-state index contributed by atoms with van der Waals surface area (Å²) in [5, 5.41) is 25.5. The molecule has 0 aliphatic heterocycles. The molecule has 208 valence electrons. The van der Waals surface area contributed by atoms with Gasteiger partial charge in [-0.3, -0.25) is 10.1 Å². The van der Waals surface area contributed by atoms with E-state index in [2.05, 4.69) is 34.7 Å². The Balaban J connectivity index is 1.79. The van der Waals surface area contributed by atoms with E-state index in [1.54, 1.807) is 13.0 Å². The number of nitro benzene ring substituents is 1. The molecular formula is C27H28FN5O6Si. The predicted octanol–water partition coefficient (Wildman–Crippen LogP) is 6.17. The third kappa shape index (κ3) is 6.73. The number of rotatable bonds is 11. The fraction of sp³-hybridized carbons (Fsp3) is 0.259. The van der Waals surface area contributed by atoms with E-state index in [-0.39, 0.29) is 41.0 Å². The molecule has 0 atom stereocenters. The maximum atomic E-state index is 15.2. The van der Waals surface area contributed by atoms with Gasteiger partial charge in [0.05, 0.1) is 10.6 Å². The number of ether oxygens (including phenoxy) is 2. The molecule has 0 unspecified atom stereocenters. The van der Waals surface area contributed by atoms with Crippen molar-refractivity contribution in [2.45, 2.75) is 39.3 Å². The second kappa shape index (κ2) is 11.7. The third-order valence-electron chi connectivity index (χ3n) is 5.91. The van der Waals surface area contributed by atoms with Crippen molar-refractivity contribution < 1.29 is 28.7 Å². The molecule has 2 aromatic heterocycles. The van der Waals surface area contributed by atoms with Gasteiger partial charge in [-0.05, 0) is 48.9 Å². The Hall–Kier alpha value is -4.49. The van der Waals surface area contributed by atoms with E-state index >= 15 is 4.39 Å². The SMILES string of the molecule is Cc1ccnc(Oc2ccc(-c3c(C(=O)O)nn(COCC[Si](C)(C)C)c3-c3ccc([N+](=O)[O-])cc3)cc2F)n1. The van der Waals surface area contributed by atoms with Gasteiger partial charge < -0.3 is 14.6 Å². The van der Waals surface area contributed by atoms with Gasteiger partial charge in [-0.25, -0.2) is 23.8 Å². The Morgan fingerprint density at radius 3 is 2.42 bits per heavy atom. The Labute approximate surface area is 230 Å². The first kappa shape index (κ1) is 28.5. The first-order chi connectivity index (χ1) is 18.9. The number of nitro groups is 1. The lowest BCUT2D eigenvalue weighted by atomic mass is 9.98. The summed E-state index contributed by atoms with van der Waals surface area (Å²) in [5.41, 5.74) is 1.30. The number of hydrogen-bond acceptors (Lipinski definition) is 8. The van der Waals surface area contributed by atoms with Crippen LogP contribution in [-0.2, 0) is 11.5 Å². The number of hydrogen-bond donors (Lipinski definition) is 1. The minimum Gasteiger partial charge on any atom is -0.476 e. The summed E-state index contributed by atoms with van der Waals surface area (Å²) in [6.07, 6.45) is 1.49. The van der Waals surface area contributed by atoms with Gasteiger partial charge >= 0.3 is 12.0 Å². The second-order valence-corrected chi connectivity index (χ2v) is 15.9. The molecule has 0 aliphatic rings. The van der Waals surface area contributed by atoms with Crippen molar-refractivity contribution in [1.82, 2.24) is 19.7 Å². The standard InChI is InChI=1S/C27H28FN5O6Si/c1-17-11-12-29-27(30-17)39-22-10-7-19(15-21(22)28)23-24(26(34)35)31-32(16-38-13-14-40(2,3)4)25(23)18-5-8-20(9-6-18)33(36)37/h5-12,15H,13-14,16H2,1-4H3,(H,34,35). The van der Waals surface area contributed by atoms with E-state index in [1.165, 1.54) is 47.3 Å². The number of carbonyl (C=O) groups is 1. The molecule has 0 saturated heterocycles. The van der Waals surface area contributed by atoms with Crippen LogP contribution >= 0.6 is 0 Å². The molecule has 0 bridgehead atoms. The van der Waals surface area contributed by atoms with Gasteiger partial charge in [0.1, 0.15) is 6.73 Å². The smallest absolute Gasteiger partial charge is 0.357 e. The van der Waals surface area contributed by atoms with Crippen molar-refractivity contribution in [3.05, 3.63) is 82.0 Å². The zero-order valence-corrected chi connectivity index (χ0v) is 23.4. The van der Waals surface area contributed by atoms with Crippen LogP contribution in [0.25, 0.3) is 22.4 Å². The maximum absolute atomic E-state index is 15.2. The summed E-state index contributed by atoms with van der Waals surface area (Å²) >= 11 is 0. The van der Waals surface area contributed by atoms with E-state index in [0.29, 0.717) is 23.6 Å². The Morgan fingerprint density at radius 2 is 1.82 bits per heavy atom. The van der Waals surface area contributed by atoms with Crippen molar-refractivity contribution >= 4 is 19.7 Å². The quantitative estimate of drug-likeness (QED) is 0.0978. The van der Waals surface area contributed by atoms with Crippen molar-refractivity contribution in [3.63, 3.8) is 0 Å². The molecule has 13 heteroatoms. The van der Waals surface area contributed by atoms with Gasteiger partial charge in [-0.15, -0.1) is 0 Å². The minimum atomic E-state index is -1.38. The molecule has 0 amide bonds. The van der Waals surface area contributed by atoms with Crippen LogP contribution in [0.5, 0.6) is 11.8 Å². The maximum Gasteiger partial charge on any atom is 0.357 e. The number of carboxylic acid groups (broad SMARTS) is 1. The molecule has 40 heavy (non-hydrogen) atoms. The highest BCUT2D eigenvalue weighted by molar-refractivity contribution is 6.76. The Morgan fingerprint density at radius 1 is 1.12 bits per heavy atom. The summed E-state index contributed by atoms with van der Waals surface area (Å²) in [5.74, 6) is -2.24. The molecule has 0 aliphatic carbocycles. The summed E-state index contributed by atoms with van der Waals surface area (Å²) in [7, 11) is -1.38. The average molecular weight is 566 g/mol. The van der Waals surface area contributed by atoms with Crippen LogP contribution in [0.3, 0.4) is 0 Å². The van der Waals surface area contributed by atoms with Crippen LogP contribution in [0.1, 0.15) is 16.2 Å². The molecule has 0 spiro atoms. The molecule has 11 nitrogen and oxygen atoms in total. The van der Waals surface area contributed by atoms with Crippen LogP contribution in [0, 0.1) is 22.9 Å². The zero-order chi connectivity index (χ0) is 29.0. The van der Waals surface area contributed by atoms with Gasteiger partial charge in [0.25, 0.3) is 5.69 Å². The van der Waals surface area contributed by atoms with Crippen molar-refractivity contribution in [1.29, 1.82) is 0 Å². The molecular weight excluding hydrogens is 537 g/mol. The fourth-order valence-corrected chi connectivity index (χ4v) is 4.61. The number of aromatic carboxylic acids is 1. The van der Waals surface area contributed by atoms with Crippen LogP contribution in [0.4, 0.5) is 10.1 Å².